The maximum absolute atomic E-state index is 11.9. The zero-order valence-electron chi connectivity index (χ0n) is 11.0. The summed E-state index contributed by atoms with van der Waals surface area (Å²) in [5.41, 5.74) is 0.752. The van der Waals surface area contributed by atoms with Crippen molar-refractivity contribution in [1.29, 1.82) is 0 Å². The normalized spacial score (nSPS) is 24.9. The standard InChI is InChI=1S/C13H17N3O2S/c1-8-5-16(6-9(2)18-8)7-11-14-10-3-4-19-12(10)13(17)15-11/h3-4,8-9H,5-7H2,1-2H3,(H,14,15,17). The zero-order valence-corrected chi connectivity index (χ0v) is 11.9. The average Bonchev–Trinajstić information content (AvgIpc) is 2.75. The quantitative estimate of drug-likeness (QED) is 0.907. The molecule has 5 nitrogen and oxygen atoms in total. The molecular formula is C13H17N3O2S. The highest BCUT2D eigenvalue weighted by Gasteiger charge is 2.22. The average molecular weight is 279 g/mol. The molecule has 0 radical (unpaired) electrons. The van der Waals surface area contributed by atoms with Gasteiger partial charge in [0.2, 0.25) is 0 Å². The number of aromatic nitrogens is 2. The maximum atomic E-state index is 11.9. The van der Waals surface area contributed by atoms with Crippen LogP contribution >= 0.6 is 11.3 Å². The fourth-order valence-corrected chi connectivity index (χ4v) is 3.35. The molecule has 102 valence electrons. The number of fused-ring (bicyclic) bond motifs is 1. The molecule has 3 rings (SSSR count). The Morgan fingerprint density at radius 3 is 2.95 bits per heavy atom. The van der Waals surface area contributed by atoms with E-state index < -0.39 is 0 Å². The van der Waals surface area contributed by atoms with Gasteiger partial charge in [0.05, 0.1) is 24.3 Å². The number of ether oxygens (including phenoxy) is 1. The summed E-state index contributed by atoms with van der Waals surface area (Å²) >= 11 is 1.43. The fourth-order valence-electron chi connectivity index (χ4n) is 2.62. The van der Waals surface area contributed by atoms with Gasteiger partial charge < -0.3 is 9.72 Å². The summed E-state index contributed by atoms with van der Waals surface area (Å²) in [7, 11) is 0. The Labute approximate surface area is 115 Å². The van der Waals surface area contributed by atoms with Crippen molar-refractivity contribution < 1.29 is 4.74 Å². The van der Waals surface area contributed by atoms with Gasteiger partial charge in [0, 0.05) is 13.1 Å². The number of hydrogen-bond donors (Lipinski definition) is 1. The van der Waals surface area contributed by atoms with Gasteiger partial charge in [0.25, 0.3) is 5.56 Å². The van der Waals surface area contributed by atoms with Crippen LogP contribution in [0.2, 0.25) is 0 Å². The summed E-state index contributed by atoms with van der Waals surface area (Å²) in [6.45, 7) is 6.55. The van der Waals surface area contributed by atoms with E-state index in [4.69, 9.17) is 4.74 Å². The second-order valence-corrected chi connectivity index (χ2v) is 6.02. The molecule has 0 aliphatic carbocycles. The van der Waals surface area contributed by atoms with Crippen LogP contribution in [0.5, 0.6) is 0 Å². The summed E-state index contributed by atoms with van der Waals surface area (Å²) < 4.78 is 6.40. The molecule has 6 heteroatoms. The highest BCUT2D eigenvalue weighted by Crippen LogP contribution is 2.16. The zero-order chi connectivity index (χ0) is 13.4. The van der Waals surface area contributed by atoms with E-state index in [-0.39, 0.29) is 17.8 Å². The third-order valence-corrected chi connectivity index (χ3v) is 4.13. The number of thiophene rings is 1. The van der Waals surface area contributed by atoms with E-state index in [0.29, 0.717) is 11.2 Å². The predicted molar refractivity (Wildman–Crippen MR) is 75.5 cm³/mol. The molecule has 0 aromatic carbocycles. The first-order valence-corrected chi connectivity index (χ1v) is 7.34. The van der Waals surface area contributed by atoms with E-state index in [1.807, 2.05) is 11.4 Å². The van der Waals surface area contributed by atoms with Crippen LogP contribution in [0.4, 0.5) is 0 Å². The molecule has 2 aromatic rings. The highest BCUT2D eigenvalue weighted by atomic mass is 32.1. The first-order chi connectivity index (χ1) is 9.11. The third-order valence-electron chi connectivity index (χ3n) is 3.23. The molecule has 0 saturated carbocycles. The second kappa shape index (κ2) is 5.03. The first-order valence-electron chi connectivity index (χ1n) is 6.46. The van der Waals surface area contributed by atoms with E-state index in [1.165, 1.54) is 11.3 Å². The van der Waals surface area contributed by atoms with Gasteiger partial charge in [0.15, 0.2) is 0 Å². The fraction of sp³-hybridized carbons (Fsp3) is 0.538. The summed E-state index contributed by atoms with van der Waals surface area (Å²) in [5, 5.41) is 1.90. The molecule has 3 heterocycles. The lowest BCUT2D eigenvalue weighted by atomic mass is 10.2. The van der Waals surface area contributed by atoms with E-state index in [1.54, 1.807) is 0 Å². The highest BCUT2D eigenvalue weighted by molar-refractivity contribution is 7.17. The van der Waals surface area contributed by atoms with Crippen molar-refractivity contribution in [1.82, 2.24) is 14.9 Å². The largest absolute Gasteiger partial charge is 0.373 e. The van der Waals surface area contributed by atoms with Gasteiger partial charge >= 0.3 is 0 Å². The molecule has 1 fully saturated rings. The summed E-state index contributed by atoms with van der Waals surface area (Å²) in [4.78, 5) is 21.6. The smallest absolute Gasteiger partial charge is 0.268 e. The Hall–Kier alpha value is -1.24. The van der Waals surface area contributed by atoms with Crippen molar-refractivity contribution >= 4 is 21.6 Å². The molecule has 0 amide bonds. The Balaban J connectivity index is 1.83. The molecular weight excluding hydrogens is 262 g/mol. The molecule has 2 aromatic heterocycles. The molecule has 1 N–H and O–H groups in total. The van der Waals surface area contributed by atoms with Crippen molar-refractivity contribution in [2.75, 3.05) is 13.1 Å². The number of hydrogen-bond acceptors (Lipinski definition) is 5. The van der Waals surface area contributed by atoms with Crippen molar-refractivity contribution in [2.45, 2.75) is 32.6 Å². The van der Waals surface area contributed by atoms with Gasteiger partial charge in [-0.25, -0.2) is 4.98 Å². The molecule has 0 spiro atoms. The monoisotopic (exact) mass is 279 g/mol. The van der Waals surface area contributed by atoms with Crippen LogP contribution in [0, 0.1) is 0 Å². The van der Waals surface area contributed by atoms with E-state index >= 15 is 0 Å². The van der Waals surface area contributed by atoms with Gasteiger partial charge in [0.1, 0.15) is 10.5 Å². The Bertz CT molecular complexity index is 626. The topological polar surface area (TPSA) is 58.2 Å². The van der Waals surface area contributed by atoms with Gasteiger partial charge in [-0.05, 0) is 25.3 Å². The molecule has 2 unspecified atom stereocenters. The predicted octanol–water partition coefficient (Wildman–Crippen LogP) is 1.59. The summed E-state index contributed by atoms with van der Waals surface area (Å²) in [6, 6.07) is 1.89. The third kappa shape index (κ3) is 2.70. The van der Waals surface area contributed by atoms with Crippen LogP contribution in [0.25, 0.3) is 10.2 Å². The Kier molecular flexibility index (Phi) is 3.38. The van der Waals surface area contributed by atoms with E-state index in [0.717, 1.165) is 24.4 Å². The Morgan fingerprint density at radius 1 is 1.47 bits per heavy atom. The van der Waals surface area contributed by atoms with E-state index in [9.17, 15) is 4.79 Å². The number of morpholine rings is 1. The van der Waals surface area contributed by atoms with Crippen molar-refractivity contribution in [3.63, 3.8) is 0 Å². The van der Waals surface area contributed by atoms with Crippen LogP contribution in [0.15, 0.2) is 16.2 Å². The number of nitrogens with zero attached hydrogens (tertiary/aromatic N) is 2. The number of H-pyrrole nitrogens is 1. The molecule has 1 aliphatic rings. The molecule has 1 saturated heterocycles. The minimum absolute atomic E-state index is 0.0376. The Morgan fingerprint density at radius 2 is 2.21 bits per heavy atom. The summed E-state index contributed by atoms with van der Waals surface area (Å²) in [6.07, 6.45) is 0.445. The number of rotatable bonds is 2. The lowest BCUT2D eigenvalue weighted by Crippen LogP contribution is -2.45. The number of nitrogens with one attached hydrogen (secondary N) is 1. The first kappa shape index (κ1) is 12.8. The lowest BCUT2D eigenvalue weighted by Gasteiger charge is -2.34. The van der Waals surface area contributed by atoms with Crippen LogP contribution in [-0.4, -0.2) is 40.2 Å². The molecule has 19 heavy (non-hydrogen) atoms. The van der Waals surface area contributed by atoms with Gasteiger partial charge in [-0.2, -0.15) is 0 Å². The second-order valence-electron chi connectivity index (χ2n) is 5.10. The van der Waals surface area contributed by atoms with Gasteiger partial charge in [-0.15, -0.1) is 11.3 Å². The molecule has 1 aliphatic heterocycles. The lowest BCUT2D eigenvalue weighted by molar-refractivity contribution is -0.0710. The SMILES string of the molecule is CC1CN(Cc2nc3ccsc3c(=O)[nH]2)CC(C)O1. The van der Waals surface area contributed by atoms with Crippen molar-refractivity contribution in [2.24, 2.45) is 0 Å². The molecule has 0 bridgehead atoms. The van der Waals surface area contributed by atoms with Crippen LogP contribution in [0.3, 0.4) is 0 Å². The molecule has 2 atom stereocenters. The maximum Gasteiger partial charge on any atom is 0.268 e. The van der Waals surface area contributed by atoms with Crippen LogP contribution in [0.1, 0.15) is 19.7 Å². The van der Waals surface area contributed by atoms with Crippen LogP contribution < -0.4 is 5.56 Å². The van der Waals surface area contributed by atoms with Crippen LogP contribution in [-0.2, 0) is 11.3 Å². The van der Waals surface area contributed by atoms with Crippen molar-refractivity contribution in [3.05, 3.63) is 27.6 Å². The summed E-state index contributed by atoms with van der Waals surface area (Å²) in [5.74, 6) is 0.734. The van der Waals surface area contributed by atoms with Crippen molar-refractivity contribution in [3.8, 4) is 0 Å². The number of aromatic amines is 1. The minimum atomic E-state index is -0.0376. The van der Waals surface area contributed by atoms with Gasteiger partial charge in [-0.3, -0.25) is 9.69 Å². The van der Waals surface area contributed by atoms with Gasteiger partial charge in [-0.1, -0.05) is 0 Å². The minimum Gasteiger partial charge on any atom is -0.373 e. The van der Waals surface area contributed by atoms with E-state index in [2.05, 4.69) is 28.7 Å².